The number of aromatic nitrogens is 3. The number of fused-ring (bicyclic) bond motifs is 1. The molecule has 2 unspecified atom stereocenters. The summed E-state index contributed by atoms with van der Waals surface area (Å²) in [6.45, 7) is 3.50. The predicted octanol–water partition coefficient (Wildman–Crippen LogP) is 2.56. The molecule has 0 aliphatic carbocycles. The second-order valence-electron chi connectivity index (χ2n) is 8.44. The van der Waals surface area contributed by atoms with Crippen LogP contribution >= 0.6 is 0 Å². The van der Waals surface area contributed by atoms with Crippen LogP contribution in [0.4, 0.5) is 10.2 Å². The number of imidazole rings is 1. The highest BCUT2D eigenvalue weighted by Crippen LogP contribution is 2.35. The third kappa shape index (κ3) is 3.79. The van der Waals surface area contributed by atoms with Gasteiger partial charge in [-0.1, -0.05) is 12.1 Å². The Morgan fingerprint density at radius 2 is 2.03 bits per heavy atom. The molecule has 3 aromatic rings. The standard InChI is InChI=1S/C23H25FN6O2/c1-15(31)28-11-9-18(14-28)26-23(32)20-13-25-21-7-8-22(27-30(20)21)29-10-3-6-19(29)16-4-2-5-17(24)12-16/h2,4-5,7-8,12-13,18-19H,3,6,9-11,14H2,1H3,(H,26,32). The molecule has 0 radical (unpaired) electrons. The van der Waals surface area contributed by atoms with Gasteiger partial charge in [0.2, 0.25) is 5.91 Å². The monoisotopic (exact) mass is 436 g/mol. The van der Waals surface area contributed by atoms with Crippen LogP contribution in [0, 0.1) is 5.82 Å². The number of amides is 2. The summed E-state index contributed by atoms with van der Waals surface area (Å²) < 4.78 is 15.3. The molecular weight excluding hydrogens is 411 g/mol. The van der Waals surface area contributed by atoms with Gasteiger partial charge in [-0.25, -0.2) is 13.9 Å². The van der Waals surface area contributed by atoms with E-state index in [-0.39, 0.29) is 29.7 Å². The fraction of sp³-hybridized carbons (Fsp3) is 0.391. The molecule has 1 N–H and O–H groups in total. The van der Waals surface area contributed by atoms with Crippen LogP contribution in [0.5, 0.6) is 0 Å². The van der Waals surface area contributed by atoms with Crippen molar-refractivity contribution >= 4 is 23.3 Å². The lowest BCUT2D eigenvalue weighted by Crippen LogP contribution is -2.38. The maximum atomic E-state index is 13.8. The Balaban J connectivity index is 1.39. The normalized spacial score (nSPS) is 20.8. The number of carbonyl (C=O) groups excluding carboxylic acids is 2. The maximum absolute atomic E-state index is 13.8. The number of benzene rings is 1. The third-order valence-electron chi connectivity index (χ3n) is 6.33. The molecule has 4 heterocycles. The Hall–Kier alpha value is -3.49. The molecule has 8 nitrogen and oxygen atoms in total. The van der Waals surface area contributed by atoms with E-state index in [0.29, 0.717) is 24.4 Å². The van der Waals surface area contributed by atoms with E-state index in [1.807, 2.05) is 18.2 Å². The minimum absolute atomic E-state index is 0.0151. The minimum atomic E-state index is -0.263. The fourth-order valence-corrected chi connectivity index (χ4v) is 4.70. The molecule has 0 bridgehead atoms. The van der Waals surface area contributed by atoms with Crippen molar-refractivity contribution < 1.29 is 14.0 Å². The molecule has 9 heteroatoms. The Kier molecular flexibility index (Phi) is 5.24. The van der Waals surface area contributed by atoms with Gasteiger partial charge in [0.25, 0.3) is 5.91 Å². The van der Waals surface area contributed by atoms with Crippen LogP contribution in [-0.2, 0) is 4.79 Å². The minimum Gasteiger partial charge on any atom is -0.348 e. The van der Waals surface area contributed by atoms with Crippen molar-refractivity contribution in [3.8, 4) is 0 Å². The van der Waals surface area contributed by atoms with Gasteiger partial charge in [-0.3, -0.25) is 9.59 Å². The highest BCUT2D eigenvalue weighted by atomic mass is 19.1. The summed E-state index contributed by atoms with van der Waals surface area (Å²) in [6, 6.07) is 10.4. The van der Waals surface area contributed by atoms with E-state index in [0.717, 1.165) is 37.2 Å². The van der Waals surface area contributed by atoms with Crippen molar-refractivity contribution in [3.05, 3.63) is 59.7 Å². The SMILES string of the molecule is CC(=O)N1CCC(NC(=O)c2cnc3ccc(N4CCCC4c4cccc(F)c4)nn23)C1. The van der Waals surface area contributed by atoms with Gasteiger partial charge in [0.1, 0.15) is 11.6 Å². The molecule has 0 saturated carbocycles. The zero-order valence-electron chi connectivity index (χ0n) is 17.9. The second-order valence-corrected chi connectivity index (χ2v) is 8.44. The van der Waals surface area contributed by atoms with Gasteiger partial charge < -0.3 is 15.1 Å². The van der Waals surface area contributed by atoms with Crippen LogP contribution in [0.3, 0.4) is 0 Å². The van der Waals surface area contributed by atoms with Gasteiger partial charge in [-0.05, 0) is 49.1 Å². The predicted molar refractivity (Wildman–Crippen MR) is 117 cm³/mol. The van der Waals surface area contributed by atoms with E-state index in [9.17, 15) is 14.0 Å². The summed E-state index contributed by atoms with van der Waals surface area (Å²) in [7, 11) is 0. The van der Waals surface area contributed by atoms with E-state index in [1.54, 1.807) is 21.5 Å². The highest BCUT2D eigenvalue weighted by molar-refractivity contribution is 5.93. The summed E-state index contributed by atoms with van der Waals surface area (Å²) in [5.41, 5.74) is 1.85. The molecule has 2 aromatic heterocycles. The van der Waals surface area contributed by atoms with E-state index in [4.69, 9.17) is 5.10 Å². The van der Waals surface area contributed by atoms with Gasteiger partial charge in [-0.15, -0.1) is 5.10 Å². The fourth-order valence-electron chi connectivity index (χ4n) is 4.70. The lowest BCUT2D eigenvalue weighted by Gasteiger charge is -2.26. The first-order valence-electron chi connectivity index (χ1n) is 10.9. The zero-order chi connectivity index (χ0) is 22.2. The number of hydrogen-bond donors (Lipinski definition) is 1. The van der Waals surface area contributed by atoms with Crippen LogP contribution in [-0.4, -0.2) is 57.0 Å². The van der Waals surface area contributed by atoms with Crippen LogP contribution in [0.2, 0.25) is 0 Å². The number of nitrogens with zero attached hydrogens (tertiary/aromatic N) is 5. The van der Waals surface area contributed by atoms with Crippen molar-refractivity contribution in [1.82, 2.24) is 24.8 Å². The third-order valence-corrected chi connectivity index (χ3v) is 6.33. The van der Waals surface area contributed by atoms with Crippen LogP contribution in [0.15, 0.2) is 42.6 Å². The Labute approximate surface area is 185 Å². The van der Waals surface area contributed by atoms with Crippen molar-refractivity contribution in [1.29, 1.82) is 0 Å². The van der Waals surface area contributed by atoms with Crippen LogP contribution in [0.25, 0.3) is 5.65 Å². The molecule has 32 heavy (non-hydrogen) atoms. The van der Waals surface area contributed by atoms with Gasteiger partial charge in [-0.2, -0.15) is 0 Å². The first-order chi connectivity index (χ1) is 15.5. The average Bonchev–Trinajstić information content (AvgIpc) is 3.52. The number of anilines is 1. The maximum Gasteiger partial charge on any atom is 0.271 e. The van der Waals surface area contributed by atoms with Crippen molar-refractivity contribution in [2.24, 2.45) is 0 Å². The number of carbonyl (C=O) groups is 2. The molecule has 2 saturated heterocycles. The van der Waals surface area contributed by atoms with Gasteiger partial charge >= 0.3 is 0 Å². The lowest BCUT2D eigenvalue weighted by molar-refractivity contribution is -0.127. The molecule has 2 aliphatic rings. The summed E-state index contributed by atoms with van der Waals surface area (Å²) in [4.78, 5) is 32.7. The van der Waals surface area contributed by atoms with Crippen molar-refractivity contribution in [2.45, 2.75) is 38.3 Å². The summed E-state index contributed by atoms with van der Waals surface area (Å²) in [6.07, 6.45) is 4.14. The Morgan fingerprint density at radius 1 is 1.16 bits per heavy atom. The zero-order valence-corrected chi connectivity index (χ0v) is 17.9. The molecule has 5 rings (SSSR count). The first-order valence-corrected chi connectivity index (χ1v) is 10.9. The molecule has 2 fully saturated rings. The lowest BCUT2D eigenvalue weighted by atomic mass is 10.0. The van der Waals surface area contributed by atoms with Crippen molar-refractivity contribution in [3.63, 3.8) is 0 Å². The van der Waals surface area contributed by atoms with Gasteiger partial charge in [0.05, 0.1) is 12.2 Å². The number of hydrogen-bond acceptors (Lipinski definition) is 5. The molecule has 2 atom stereocenters. The number of rotatable bonds is 4. The topological polar surface area (TPSA) is 82.8 Å². The summed E-state index contributed by atoms with van der Waals surface area (Å²) in [5.74, 6) is 0.225. The van der Waals surface area contributed by atoms with Crippen LogP contribution in [0.1, 0.15) is 48.3 Å². The van der Waals surface area contributed by atoms with Gasteiger partial charge in [0, 0.05) is 32.6 Å². The molecule has 1 aromatic carbocycles. The molecule has 2 amide bonds. The van der Waals surface area contributed by atoms with Crippen LogP contribution < -0.4 is 10.2 Å². The number of halogens is 1. The number of likely N-dealkylation sites (tertiary alicyclic amines) is 1. The smallest absolute Gasteiger partial charge is 0.271 e. The first kappa shape index (κ1) is 20.4. The highest BCUT2D eigenvalue weighted by Gasteiger charge is 2.29. The quantitative estimate of drug-likeness (QED) is 0.680. The van der Waals surface area contributed by atoms with Crippen molar-refractivity contribution in [2.75, 3.05) is 24.5 Å². The average molecular weight is 436 g/mol. The Morgan fingerprint density at radius 3 is 2.81 bits per heavy atom. The molecule has 166 valence electrons. The summed E-state index contributed by atoms with van der Waals surface area (Å²) >= 11 is 0. The molecular formula is C23H25FN6O2. The van der Waals surface area contributed by atoms with E-state index in [1.165, 1.54) is 19.2 Å². The van der Waals surface area contributed by atoms with E-state index in [2.05, 4.69) is 15.2 Å². The van der Waals surface area contributed by atoms with E-state index < -0.39 is 0 Å². The molecule has 0 spiro atoms. The van der Waals surface area contributed by atoms with Gasteiger partial charge in [0.15, 0.2) is 11.3 Å². The summed E-state index contributed by atoms with van der Waals surface area (Å²) in [5, 5.41) is 7.71. The molecule has 2 aliphatic heterocycles. The van der Waals surface area contributed by atoms with E-state index >= 15 is 0 Å². The number of nitrogens with one attached hydrogen (secondary N) is 1. The Bertz CT molecular complexity index is 1180. The second kappa shape index (κ2) is 8.22. The largest absolute Gasteiger partial charge is 0.348 e.